The number of ketones is 1. The Labute approximate surface area is 181 Å². The van der Waals surface area contributed by atoms with Crippen molar-refractivity contribution in [3.05, 3.63) is 71.3 Å². The lowest BCUT2D eigenvalue weighted by Gasteiger charge is -2.28. The van der Waals surface area contributed by atoms with Crippen LogP contribution in [0.5, 0.6) is 0 Å². The summed E-state index contributed by atoms with van der Waals surface area (Å²) in [5.74, 6) is -1.43. The van der Waals surface area contributed by atoms with Crippen molar-refractivity contribution < 1.29 is 23.9 Å². The van der Waals surface area contributed by atoms with E-state index in [4.69, 9.17) is 4.74 Å². The van der Waals surface area contributed by atoms with Crippen LogP contribution in [0.4, 0.5) is 4.79 Å². The van der Waals surface area contributed by atoms with Gasteiger partial charge in [-0.3, -0.25) is 19.3 Å². The molecule has 1 aliphatic rings. The van der Waals surface area contributed by atoms with Crippen molar-refractivity contribution in [2.45, 2.75) is 38.8 Å². The molecule has 2 aromatic carbocycles. The zero-order chi connectivity index (χ0) is 22.8. The fourth-order valence-electron chi connectivity index (χ4n) is 3.42. The van der Waals surface area contributed by atoms with E-state index in [9.17, 15) is 19.2 Å². The number of ether oxygens (including phenoxy) is 1. The van der Waals surface area contributed by atoms with Crippen molar-refractivity contribution in [2.75, 3.05) is 13.6 Å². The van der Waals surface area contributed by atoms with Crippen molar-refractivity contribution >= 4 is 23.7 Å². The molecule has 0 bridgehead atoms. The van der Waals surface area contributed by atoms with Gasteiger partial charge in [0.25, 0.3) is 11.8 Å². The van der Waals surface area contributed by atoms with Gasteiger partial charge in [-0.15, -0.1) is 0 Å². The fourth-order valence-corrected chi connectivity index (χ4v) is 3.42. The maximum absolute atomic E-state index is 13.3. The molecule has 1 atom stereocenters. The number of imide groups is 1. The van der Waals surface area contributed by atoms with Gasteiger partial charge in [0.15, 0.2) is 5.78 Å². The lowest BCUT2D eigenvalue weighted by molar-refractivity contribution is -0.123. The molecule has 1 heterocycles. The number of carbonyl (C=O) groups excluding carboxylic acids is 4. The molecule has 0 aromatic heterocycles. The minimum atomic E-state index is -1.04. The van der Waals surface area contributed by atoms with Crippen LogP contribution in [0.15, 0.2) is 54.6 Å². The van der Waals surface area contributed by atoms with Gasteiger partial charge in [0, 0.05) is 13.5 Å². The second-order valence-corrected chi connectivity index (χ2v) is 8.53. The predicted octanol–water partition coefficient (Wildman–Crippen LogP) is 3.33. The molecule has 31 heavy (non-hydrogen) atoms. The van der Waals surface area contributed by atoms with Gasteiger partial charge in [-0.1, -0.05) is 42.5 Å². The third-order valence-electron chi connectivity index (χ3n) is 4.88. The summed E-state index contributed by atoms with van der Waals surface area (Å²) in [6, 6.07) is 14.6. The monoisotopic (exact) mass is 422 g/mol. The van der Waals surface area contributed by atoms with Gasteiger partial charge < -0.3 is 9.64 Å². The summed E-state index contributed by atoms with van der Waals surface area (Å²) in [4.78, 5) is 53.7. The molecule has 0 spiro atoms. The molecule has 7 heteroatoms. The quantitative estimate of drug-likeness (QED) is 0.667. The number of Topliss-reactive ketones (excluding diaryl/α,β-unsaturated/α-hetero) is 1. The minimum Gasteiger partial charge on any atom is -0.444 e. The average molecular weight is 422 g/mol. The van der Waals surface area contributed by atoms with E-state index in [1.165, 1.54) is 7.05 Å². The zero-order valence-electron chi connectivity index (χ0n) is 18.1. The molecule has 0 saturated heterocycles. The topological polar surface area (TPSA) is 84.0 Å². The van der Waals surface area contributed by atoms with E-state index < -0.39 is 35.3 Å². The predicted molar refractivity (Wildman–Crippen MR) is 115 cm³/mol. The number of amides is 3. The Kier molecular flexibility index (Phi) is 6.24. The zero-order valence-corrected chi connectivity index (χ0v) is 18.1. The average Bonchev–Trinajstić information content (AvgIpc) is 2.96. The van der Waals surface area contributed by atoms with E-state index in [0.29, 0.717) is 0 Å². The molecular weight excluding hydrogens is 396 g/mol. The Morgan fingerprint density at radius 3 is 1.97 bits per heavy atom. The van der Waals surface area contributed by atoms with Crippen LogP contribution in [0.25, 0.3) is 0 Å². The van der Waals surface area contributed by atoms with Crippen molar-refractivity contribution in [3.8, 4) is 0 Å². The number of carbonyl (C=O) groups is 4. The van der Waals surface area contributed by atoms with Gasteiger partial charge in [0.2, 0.25) is 0 Å². The van der Waals surface area contributed by atoms with Crippen LogP contribution >= 0.6 is 0 Å². The number of hydrogen-bond donors (Lipinski definition) is 0. The van der Waals surface area contributed by atoms with Crippen LogP contribution < -0.4 is 0 Å². The first-order chi connectivity index (χ1) is 14.6. The van der Waals surface area contributed by atoms with Gasteiger partial charge in [-0.05, 0) is 38.5 Å². The van der Waals surface area contributed by atoms with E-state index in [0.717, 1.165) is 15.4 Å². The molecule has 1 aliphatic heterocycles. The molecule has 0 unspecified atom stereocenters. The lowest BCUT2D eigenvalue weighted by Crippen LogP contribution is -2.50. The van der Waals surface area contributed by atoms with Gasteiger partial charge in [0.05, 0.1) is 17.7 Å². The van der Waals surface area contributed by atoms with Gasteiger partial charge in [-0.2, -0.15) is 0 Å². The Hall–Kier alpha value is -3.48. The summed E-state index contributed by atoms with van der Waals surface area (Å²) in [7, 11) is 1.45. The third-order valence-corrected chi connectivity index (χ3v) is 4.88. The number of rotatable bonds is 6. The first-order valence-electron chi connectivity index (χ1n) is 10.1. The summed E-state index contributed by atoms with van der Waals surface area (Å²) in [6.45, 7) is 4.91. The summed E-state index contributed by atoms with van der Waals surface area (Å²) in [5, 5.41) is 0. The standard InChI is InChI=1S/C24H26N2O5/c1-24(2,3)31-23(30)25(4)15-20(27)19(14-16-10-6-5-7-11-16)26-21(28)17-12-8-9-13-18(17)22(26)29/h5-13,19H,14-15H2,1-4H3/t19-/m0/s1. The van der Waals surface area contributed by atoms with Crippen molar-refractivity contribution in [1.29, 1.82) is 0 Å². The van der Waals surface area contributed by atoms with Crippen LogP contribution in [0.2, 0.25) is 0 Å². The number of fused-ring (bicyclic) bond motifs is 1. The highest BCUT2D eigenvalue weighted by molar-refractivity contribution is 6.23. The largest absolute Gasteiger partial charge is 0.444 e. The van der Waals surface area contributed by atoms with E-state index in [1.54, 1.807) is 45.0 Å². The summed E-state index contributed by atoms with van der Waals surface area (Å²) < 4.78 is 5.30. The summed E-state index contributed by atoms with van der Waals surface area (Å²) >= 11 is 0. The smallest absolute Gasteiger partial charge is 0.410 e. The third kappa shape index (κ3) is 4.99. The van der Waals surface area contributed by atoms with Crippen molar-refractivity contribution in [3.63, 3.8) is 0 Å². The Morgan fingerprint density at radius 2 is 1.45 bits per heavy atom. The number of benzene rings is 2. The van der Waals surface area contributed by atoms with Crippen LogP contribution in [0, 0.1) is 0 Å². The molecule has 0 saturated carbocycles. The van der Waals surface area contributed by atoms with E-state index in [1.807, 2.05) is 30.3 Å². The van der Waals surface area contributed by atoms with E-state index >= 15 is 0 Å². The van der Waals surface area contributed by atoms with Crippen LogP contribution in [-0.4, -0.2) is 58.7 Å². The van der Waals surface area contributed by atoms with E-state index in [-0.39, 0.29) is 24.1 Å². The Bertz CT molecular complexity index is 975. The molecule has 0 radical (unpaired) electrons. The molecule has 0 N–H and O–H groups in total. The van der Waals surface area contributed by atoms with Gasteiger partial charge >= 0.3 is 6.09 Å². The highest BCUT2D eigenvalue weighted by atomic mass is 16.6. The maximum Gasteiger partial charge on any atom is 0.410 e. The molecular formula is C24H26N2O5. The fraction of sp³-hybridized carbons (Fsp3) is 0.333. The normalized spacial score (nSPS) is 14.3. The maximum atomic E-state index is 13.3. The second kappa shape index (κ2) is 8.71. The number of nitrogens with zero attached hydrogens (tertiary/aromatic N) is 2. The second-order valence-electron chi connectivity index (χ2n) is 8.53. The minimum absolute atomic E-state index is 0.160. The van der Waals surface area contributed by atoms with Crippen LogP contribution in [0.1, 0.15) is 47.1 Å². The molecule has 3 amide bonds. The molecule has 2 aromatic rings. The number of hydrogen-bond acceptors (Lipinski definition) is 5. The Morgan fingerprint density at radius 1 is 0.935 bits per heavy atom. The van der Waals surface area contributed by atoms with Gasteiger partial charge in [0.1, 0.15) is 11.6 Å². The van der Waals surface area contributed by atoms with E-state index in [2.05, 4.69) is 0 Å². The summed E-state index contributed by atoms with van der Waals surface area (Å²) in [5.41, 5.74) is 0.649. The first-order valence-corrected chi connectivity index (χ1v) is 10.1. The summed E-state index contributed by atoms with van der Waals surface area (Å²) in [6.07, 6.45) is -0.491. The Balaban J connectivity index is 1.87. The SMILES string of the molecule is CN(CC(=O)[C@H](Cc1ccccc1)N1C(=O)c2ccccc2C1=O)C(=O)OC(C)(C)C. The highest BCUT2D eigenvalue weighted by Crippen LogP contribution is 2.26. The molecule has 7 nitrogen and oxygen atoms in total. The molecule has 0 aliphatic carbocycles. The van der Waals surface area contributed by atoms with Gasteiger partial charge in [-0.25, -0.2) is 4.79 Å². The molecule has 0 fully saturated rings. The molecule has 162 valence electrons. The van der Waals surface area contributed by atoms with Crippen molar-refractivity contribution in [1.82, 2.24) is 9.80 Å². The lowest BCUT2D eigenvalue weighted by atomic mass is 10.0. The first kappa shape index (κ1) is 22.2. The molecule has 3 rings (SSSR count). The van der Waals surface area contributed by atoms with Crippen LogP contribution in [0.3, 0.4) is 0 Å². The van der Waals surface area contributed by atoms with Crippen molar-refractivity contribution in [2.24, 2.45) is 0 Å². The highest BCUT2D eigenvalue weighted by Gasteiger charge is 2.42. The van der Waals surface area contributed by atoms with Crippen LogP contribution in [-0.2, 0) is 16.0 Å². The number of likely N-dealkylation sites (N-methyl/N-ethyl adjacent to an activating group) is 1.